The first-order chi connectivity index (χ1) is 19.0. The van der Waals surface area contributed by atoms with Crippen molar-refractivity contribution >= 4 is 22.6 Å². The SMILES string of the molecule is CO[C@H]1[C@@H](OC(=O)c2ccc(C)[nH]2)[C@@H](O)[C@H](Oc2ccc3c(N4CCNC(C)C4)cc(=O)oc3c2C)OC1(C)C. The van der Waals surface area contributed by atoms with Gasteiger partial charge in [-0.3, -0.25) is 0 Å². The lowest BCUT2D eigenvalue weighted by atomic mass is 9.89. The van der Waals surface area contributed by atoms with Gasteiger partial charge in [-0.15, -0.1) is 0 Å². The van der Waals surface area contributed by atoms with Gasteiger partial charge in [0, 0.05) is 55.5 Å². The van der Waals surface area contributed by atoms with Crippen molar-refractivity contribution in [2.75, 3.05) is 31.6 Å². The quantitative estimate of drug-likeness (QED) is 0.308. The molecule has 3 N–H and O–H groups in total. The minimum atomic E-state index is -1.38. The van der Waals surface area contributed by atoms with Gasteiger partial charge in [0.05, 0.1) is 11.3 Å². The van der Waals surface area contributed by atoms with Crippen LogP contribution in [0.2, 0.25) is 0 Å². The van der Waals surface area contributed by atoms with Gasteiger partial charge in [0.25, 0.3) is 0 Å². The number of methoxy groups -OCH3 is 1. The van der Waals surface area contributed by atoms with E-state index in [-0.39, 0.29) is 11.7 Å². The van der Waals surface area contributed by atoms with Crippen molar-refractivity contribution in [2.45, 2.75) is 70.9 Å². The van der Waals surface area contributed by atoms with E-state index in [1.807, 2.05) is 13.0 Å². The van der Waals surface area contributed by atoms with Gasteiger partial charge in [-0.2, -0.15) is 0 Å². The maximum atomic E-state index is 12.9. The number of hydrogen-bond donors (Lipinski definition) is 3. The van der Waals surface area contributed by atoms with E-state index >= 15 is 0 Å². The van der Waals surface area contributed by atoms with E-state index in [4.69, 9.17) is 23.4 Å². The fourth-order valence-electron chi connectivity index (χ4n) is 5.61. The standard InChI is InChI=1S/C29H37N3O8/c1-15-7-9-19(31-15)27(35)39-25-23(34)28(40-29(4,5)26(25)36-6)37-21-10-8-18-20(32-12-11-30-16(2)14-32)13-22(33)38-24(18)17(21)3/h7-10,13,16,23,25-26,28,30-31,34H,11-12,14H2,1-6H3/t16?,23-,25+,26+,28-/m1/s1. The number of esters is 1. The molecule has 0 aliphatic carbocycles. The van der Waals surface area contributed by atoms with Crippen molar-refractivity contribution < 1.29 is 33.3 Å². The zero-order valence-electron chi connectivity index (χ0n) is 23.6. The summed E-state index contributed by atoms with van der Waals surface area (Å²) in [6, 6.07) is 8.79. The monoisotopic (exact) mass is 555 g/mol. The number of aromatic nitrogens is 1. The van der Waals surface area contributed by atoms with Crippen molar-refractivity contribution in [1.82, 2.24) is 10.3 Å². The lowest BCUT2D eigenvalue weighted by Gasteiger charge is -2.47. The van der Waals surface area contributed by atoms with Crippen molar-refractivity contribution in [3.63, 3.8) is 0 Å². The molecule has 11 nitrogen and oxygen atoms in total. The number of aryl methyl sites for hydroxylation is 2. The van der Waals surface area contributed by atoms with Crippen molar-refractivity contribution in [3.05, 3.63) is 57.7 Å². The molecule has 5 rings (SSSR count). The van der Waals surface area contributed by atoms with E-state index < -0.39 is 41.8 Å². The molecule has 216 valence electrons. The van der Waals surface area contributed by atoms with E-state index in [1.165, 1.54) is 13.2 Å². The summed E-state index contributed by atoms with van der Waals surface area (Å²) in [5, 5.41) is 15.5. The third-order valence-electron chi connectivity index (χ3n) is 7.61. The number of aliphatic hydroxyl groups is 1. The first kappa shape index (κ1) is 28.2. The summed E-state index contributed by atoms with van der Waals surface area (Å²) in [5.41, 5.74) is 1.40. The second-order valence-corrected chi connectivity index (χ2v) is 11.1. The third-order valence-corrected chi connectivity index (χ3v) is 7.61. The van der Waals surface area contributed by atoms with E-state index in [2.05, 4.69) is 22.1 Å². The van der Waals surface area contributed by atoms with E-state index in [1.54, 1.807) is 39.0 Å². The predicted molar refractivity (Wildman–Crippen MR) is 148 cm³/mol. The Morgan fingerprint density at radius 1 is 1.20 bits per heavy atom. The number of nitrogens with one attached hydrogen (secondary N) is 2. The number of fused-ring (bicyclic) bond motifs is 1. The Labute approximate surface area is 232 Å². The first-order valence-electron chi connectivity index (χ1n) is 13.5. The Balaban J connectivity index is 1.45. The zero-order chi connectivity index (χ0) is 28.8. The molecule has 2 aliphatic heterocycles. The lowest BCUT2D eigenvalue weighted by molar-refractivity contribution is -0.305. The number of aliphatic hydroxyl groups excluding tert-OH is 1. The molecule has 2 aromatic heterocycles. The number of H-pyrrole nitrogens is 1. The lowest BCUT2D eigenvalue weighted by Crippen LogP contribution is -2.65. The Morgan fingerprint density at radius 3 is 2.65 bits per heavy atom. The topological polar surface area (TPSA) is 135 Å². The highest BCUT2D eigenvalue weighted by molar-refractivity contribution is 5.93. The Bertz CT molecular complexity index is 1450. The maximum Gasteiger partial charge on any atom is 0.355 e. The summed E-state index contributed by atoms with van der Waals surface area (Å²) in [5.74, 6) is -0.267. The smallest absolute Gasteiger partial charge is 0.355 e. The number of aromatic amines is 1. The average Bonchev–Trinajstić information content (AvgIpc) is 3.34. The van der Waals surface area contributed by atoms with Crippen LogP contribution in [0.1, 0.15) is 42.5 Å². The summed E-state index contributed by atoms with van der Waals surface area (Å²) in [6.45, 7) is 11.6. The Morgan fingerprint density at radius 2 is 1.98 bits per heavy atom. The number of hydrogen-bond acceptors (Lipinski definition) is 10. The predicted octanol–water partition coefficient (Wildman–Crippen LogP) is 2.65. The van der Waals surface area contributed by atoms with Crippen LogP contribution in [0.4, 0.5) is 5.69 Å². The molecule has 3 aromatic rings. The maximum absolute atomic E-state index is 12.9. The number of anilines is 1. The van der Waals surface area contributed by atoms with Crippen molar-refractivity contribution in [3.8, 4) is 5.75 Å². The molecule has 0 saturated carbocycles. The molecular weight excluding hydrogens is 518 g/mol. The van der Waals surface area contributed by atoms with E-state index in [0.717, 1.165) is 36.4 Å². The first-order valence-corrected chi connectivity index (χ1v) is 13.5. The number of piperazine rings is 1. The molecule has 0 spiro atoms. The number of carbonyl (C=O) groups excluding carboxylic acids is 1. The number of carbonyl (C=O) groups is 1. The van der Waals surface area contributed by atoms with Gasteiger partial charge in [-0.1, -0.05) is 0 Å². The van der Waals surface area contributed by atoms with E-state index in [9.17, 15) is 14.7 Å². The second kappa shape index (κ2) is 10.9. The molecule has 2 saturated heterocycles. The van der Waals surface area contributed by atoms with Crippen LogP contribution in [0.15, 0.2) is 39.5 Å². The Kier molecular flexibility index (Phi) is 7.66. The van der Waals surface area contributed by atoms with Gasteiger partial charge >= 0.3 is 11.6 Å². The van der Waals surface area contributed by atoms with Gasteiger partial charge < -0.3 is 43.7 Å². The van der Waals surface area contributed by atoms with Crippen LogP contribution in [0.5, 0.6) is 5.75 Å². The average molecular weight is 556 g/mol. The Hall–Kier alpha value is -3.38. The summed E-state index contributed by atoms with van der Waals surface area (Å²) < 4.78 is 29.3. The fourth-order valence-corrected chi connectivity index (χ4v) is 5.61. The molecule has 0 amide bonds. The van der Waals surface area contributed by atoms with E-state index in [0.29, 0.717) is 16.9 Å². The molecule has 40 heavy (non-hydrogen) atoms. The van der Waals surface area contributed by atoms with Crippen LogP contribution < -0.4 is 20.6 Å². The molecule has 11 heteroatoms. The minimum absolute atomic E-state index is 0.261. The number of ether oxygens (including phenoxy) is 4. The van der Waals surface area contributed by atoms with Crippen LogP contribution in [0, 0.1) is 13.8 Å². The highest BCUT2D eigenvalue weighted by Gasteiger charge is 2.53. The highest BCUT2D eigenvalue weighted by atomic mass is 16.7. The third kappa shape index (κ3) is 5.34. The highest BCUT2D eigenvalue weighted by Crippen LogP contribution is 2.37. The summed E-state index contributed by atoms with van der Waals surface area (Å²) in [6.07, 6.45) is -4.45. The molecule has 1 aromatic carbocycles. The summed E-state index contributed by atoms with van der Waals surface area (Å²) in [4.78, 5) is 30.6. The molecule has 2 fully saturated rings. The summed E-state index contributed by atoms with van der Waals surface area (Å²) in [7, 11) is 1.47. The molecule has 0 bridgehead atoms. The van der Waals surface area contributed by atoms with Gasteiger partial charge in [0.2, 0.25) is 6.29 Å². The van der Waals surface area contributed by atoms with Crippen molar-refractivity contribution in [1.29, 1.82) is 0 Å². The second-order valence-electron chi connectivity index (χ2n) is 11.1. The normalized spacial score (nSPS) is 26.6. The molecule has 2 aliphatic rings. The van der Waals surface area contributed by atoms with Crippen LogP contribution in [-0.4, -0.2) is 79.0 Å². The molecule has 4 heterocycles. The summed E-state index contributed by atoms with van der Waals surface area (Å²) >= 11 is 0. The molecule has 5 atom stereocenters. The largest absolute Gasteiger partial charge is 0.462 e. The number of benzene rings is 1. The van der Waals surface area contributed by atoms with Gasteiger partial charge in [0.15, 0.2) is 12.2 Å². The molecule has 1 unspecified atom stereocenters. The van der Waals surface area contributed by atoms with Crippen LogP contribution in [0.3, 0.4) is 0 Å². The molecule has 0 radical (unpaired) electrons. The fraction of sp³-hybridized carbons (Fsp3) is 0.517. The van der Waals surface area contributed by atoms with Crippen LogP contribution in [0.25, 0.3) is 11.0 Å². The number of rotatable bonds is 6. The van der Waals surface area contributed by atoms with Gasteiger partial charge in [0.1, 0.15) is 23.1 Å². The van der Waals surface area contributed by atoms with Gasteiger partial charge in [-0.25, -0.2) is 9.59 Å². The minimum Gasteiger partial charge on any atom is -0.462 e. The van der Waals surface area contributed by atoms with Crippen LogP contribution in [-0.2, 0) is 14.2 Å². The van der Waals surface area contributed by atoms with Crippen molar-refractivity contribution in [2.24, 2.45) is 0 Å². The molecular formula is C29H37N3O8. The van der Waals surface area contributed by atoms with Crippen LogP contribution >= 0.6 is 0 Å². The number of nitrogens with zero attached hydrogens (tertiary/aromatic N) is 1. The van der Waals surface area contributed by atoms with Gasteiger partial charge in [-0.05, 0) is 58.9 Å². The zero-order valence-corrected chi connectivity index (χ0v) is 23.6.